The molecule has 1 aromatic heterocycles. The van der Waals surface area contributed by atoms with E-state index in [9.17, 15) is 4.79 Å². The Morgan fingerprint density at radius 3 is 2.58 bits per heavy atom. The SMILES string of the molecule is COC1CCN(C(=O)c2cc(Br)cn2C2CC2)CC1. The highest BCUT2D eigenvalue weighted by atomic mass is 79.9. The predicted octanol–water partition coefficient (Wildman–Crippen LogP) is 2.84. The van der Waals surface area contributed by atoms with E-state index in [0.717, 1.165) is 36.1 Å². The molecule has 1 saturated heterocycles. The normalized spacial score (nSPS) is 20.8. The van der Waals surface area contributed by atoms with Crippen LogP contribution in [0.4, 0.5) is 0 Å². The van der Waals surface area contributed by atoms with Gasteiger partial charge in [0.2, 0.25) is 0 Å². The zero-order valence-corrected chi connectivity index (χ0v) is 12.7. The van der Waals surface area contributed by atoms with Gasteiger partial charge in [0.1, 0.15) is 5.69 Å². The number of amides is 1. The molecule has 104 valence electrons. The standard InChI is InChI=1S/C14H19BrN2O2/c1-19-12-4-6-16(7-5-12)14(18)13-8-10(15)9-17(13)11-2-3-11/h8-9,11-12H,2-7H2,1H3. The Balaban J connectivity index is 1.73. The van der Waals surface area contributed by atoms with Gasteiger partial charge in [0.05, 0.1) is 6.10 Å². The van der Waals surface area contributed by atoms with Crippen molar-refractivity contribution in [1.82, 2.24) is 9.47 Å². The molecule has 0 atom stereocenters. The van der Waals surface area contributed by atoms with Crippen molar-refractivity contribution in [3.8, 4) is 0 Å². The van der Waals surface area contributed by atoms with Gasteiger partial charge in [-0.1, -0.05) is 0 Å². The van der Waals surface area contributed by atoms with Crippen LogP contribution in [0.1, 0.15) is 42.2 Å². The summed E-state index contributed by atoms with van der Waals surface area (Å²) in [4.78, 5) is 14.6. The Hall–Kier alpha value is -0.810. The van der Waals surface area contributed by atoms with Crippen molar-refractivity contribution in [2.75, 3.05) is 20.2 Å². The molecule has 3 rings (SSSR count). The van der Waals surface area contributed by atoms with E-state index in [2.05, 4.69) is 20.5 Å². The summed E-state index contributed by atoms with van der Waals surface area (Å²) in [7, 11) is 1.75. The third kappa shape index (κ3) is 2.72. The molecule has 1 saturated carbocycles. The number of hydrogen-bond acceptors (Lipinski definition) is 2. The maximum absolute atomic E-state index is 12.6. The van der Waals surface area contributed by atoms with Crippen molar-refractivity contribution in [1.29, 1.82) is 0 Å². The van der Waals surface area contributed by atoms with Crippen LogP contribution in [0.2, 0.25) is 0 Å². The molecule has 19 heavy (non-hydrogen) atoms. The largest absolute Gasteiger partial charge is 0.381 e. The zero-order chi connectivity index (χ0) is 13.4. The summed E-state index contributed by atoms with van der Waals surface area (Å²) in [5.41, 5.74) is 0.824. The molecule has 5 heteroatoms. The summed E-state index contributed by atoms with van der Waals surface area (Å²) in [5.74, 6) is 0.159. The highest BCUT2D eigenvalue weighted by molar-refractivity contribution is 9.10. The van der Waals surface area contributed by atoms with Crippen LogP contribution < -0.4 is 0 Å². The molecule has 0 spiro atoms. The molecule has 4 nitrogen and oxygen atoms in total. The third-order valence-electron chi connectivity index (χ3n) is 4.04. The first-order valence-corrected chi connectivity index (χ1v) is 7.68. The number of carbonyl (C=O) groups is 1. The van der Waals surface area contributed by atoms with Crippen LogP contribution in [-0.4, -0.2) is 41.7 Å². The second-order valence-corrected chi connectivity index (χ2v) is 6.32. The van der Waals surface area contributed by atoms with Gasteiger partial charge in [0.25, 0.3) is 5.91 Å². The van der Waals surface area contributed by atoms with Crippen LogP contribution in [0.25, 0.3) is 0 Å². The summed E-state index contributed by atoms with van der Waals surface area (Å²) in [6.45, 7) is 1.59. The number of hydrogen-bond donors (Lipinski definition) is 0. The predicted molar refractivity (Wildman–Crippen MR) is 76.3 cm³/mol. The van der Waals surface area contributed by atoms with Gasteiger partial charge in [-0.15, -0.1) is 0 Å². The molecule has 0 bridgehead atoms. The average molecular weight is 327 g/mol. The fourth-order valence-electron chi connectivity index (χ4n) is 2.73. The monoisotopic (exact) mass is 326 g/mol. The fraction of sp³-hybridized carbons (Fsp3) is 0.643. The molecule has 0 N–H and O–H groups in total. The van der Waals surface area contributed by atoms with Gasteiger partial charge in [0.15, 0.2) is 0 Å². The first kappa shape index (κ1) is 13.2. The number of halogens is 1. The van der Waals surface area contributed by atoms with Gasteiger partial charge >= 0.3 is 0 Å². The van der Waals surface area contributed by atoms with Crippen LogP contribution >= 0.6 is 15.9 Å². The molecular formula is C14H19BrN2O2. The van der Waals surface area contributed by atoms with E-state index < -0.39 is 0 Å². The Bertz CT molecular complexity index is 474. The second kappa shape index (κ2) is 5.29. The molecule has 0 aromatic carbocycles. The lowest BCUT2D eigenvalue weighted by atomic mass is 10.1. The Kier molecular flexibility index (Phi) is 3.67. The van der Waals surface area contributed by atoms with Gasteiger partial charge in [0, 0.05) is 36.9 Å². The van der Waals surface area contributed by atoms with Crippen LogP contribution in [0, 0.1) is 0 Å². The van der Waals surface area contributed by atoms with Crippen molar-refractivity contribution in [3.05, 3.63) is 22.4 Å². The zero-order valence-electron chi connectivity index (χ0n) is 11.1. The number of likely N-dealkylation sites (tertiary alicyclic amines) is 1. The second-order valence-electron chi connectivity index (χ2n) is 5.41. The van der Waals surface area contributed by atoms with E-state index >= 15 is 0 Å². The third-order valence-corrected chi connectivity index (χ3v) is 4.47. The molecule has 2 heterocycles. The summed E-state index contributed by atoms with van der Waals surface area (Å²) in [6.07, 6.45) is 6.60. The average Bonchev–Trinajstić information content (AvgIpc) is 3.21. The summed E-state index contributed by atoms with van der Waals surface area (Å²) < 4.78 is 8.48. The summed E-state index contributed by atoms with van der Waals surface area (Å²) >= 11 is 3.48. The molecule has 1 aliphatic carbocycles. The van der Waals surface area contributed by atoms with Gasteiger partial charge < -0.3 is 14.2 Å². The van der Waals surface area contributed by atoms with Crippen molar-refractivity contribution < 1.29 is 9.53 Å². The van der Waals surface area contributed by atoms with Crippen LogP contribution in [-0.2, 0) is 4.74 Å². The van der Waals surface area contributed by atoms with Crippen molar-refractivity contribution in [2.45, 2.75) is 37.8 Å². The first-order chi connectivity index (χ1) is 9.19. The van der Waals surface area contributed by atoms with E-state index in [1.807, 2.05) is 17.2 Å². The smallest absolute Gasteiger partial charge is 0.270 e. The van der Waals surface area contributed by atoms with E-state index in [1.165, 1.54) is 12.8 Å². The fourth-order valence-corrected chi connectivity index (χ4v) is 3.17. The van der Waals surface area contributed by atoms with Crippen molar-refractivity contribution in [2.24, 2.45) is 0 Å². The molecule has 1 aliphatic heterocycles. The maximum atomic E-state index is 12.6. The van der Waals surface area contributed by atoms with Gasteiger partial charge in [-0.05, 0) is 47.7 Å². The lowest BCUT2D eigenvalue weighted by Crippen LogP contribution is -2.41. The molecule has 2 aliphatic rings. The minimum atomic E-state index is 0.159. The maximum Gasteiger partial charge on any atom is 0.270 e. The van der Waals surface area contributed by atoms with E-state index in [1.54, 1.807) is 7.11 Å². The van der Waals surface area contributed by atoms with Gasteiger partial charge in [-0.25, -0.2) is 0 Å². The minimum Gasteiger partial charge on any atom is -0.381 e. The molecular weight excluding hydrogens is 308 g/mol. The van der Waals surface area contributed by atoms with E-state index in [0.29, 0.717) is 12.1 Å². The Morgan fingerprint density at radius 1 is 1.32 bits per heavy atom. The number of nitrogens with zero attached hydrogens (tertiary/aromatic N) is 2. The highest BCUT2D eigenvalue weighted by Crippen LogP contribution is 2.37. The number of carbonyl (C=O) groups excluding carboxylic acids is 1. The van der Waals surface area contributed by atoms with Crippen molar-refractivity contribution in [3.63, 3.8) is 0 Å². The van der Waals surface area contributed by atoms with Gasteiger partial charge in [-0.3, -0.25) is 4.79 Å². The van der Waals surface area contributed by atoms with E-state index in [4.69, 9.17) is 4.74 Å². The number of methoxy groups -OCH3 is 1. The molecule has 2 fully saturated rings. The minimum absolute atomic E-state index is 0.159. The first-order valence-electron chi connectivity index (χ1n) is 6.88. The number of ether oxygens (including phenoxy) is 1. The molecule has 0 radical (unpaired) electrons. The van der Waals surface area contributed by atoms with Gasteiger partial charge in [-0.2, -0.15) is 0 Å². The lowest BCUT2D eigenvalue weighted by Gasteiger charge is -2.31. The molecule has 1 aromatic rings. The number of rotatable bonds is 3. The van der Waals surface area contributed by atoms with Crippen LogP contribution in [0.15, 0.2) is 16.7 Å². The Morgan fingerprint density at radius 2 is 2.00 bits per heavy atom. The van der Waals surface area contributed by atoms with Crippen LogP contribution in [0.5, 0.6) is 0 Å². The van der Waals surface area contributed by atoms with Crippen molar-refractivity contribution >= 4 is 21.8 Å². The van der Waals surface area contributed by atoms with E-state index in [-0.39, 0.29) is 5.91 Å². The molecule has 1 amide bonds. The highest BCUT2D eigenvalue weighted by Gasteiger charge is 2.30. The number of aromatic nitrogens is 1. The van der Waals surface area contributed by atoms with Crippen LogP contribution in [0.3, 0.4) is 0 Å². The quantitative estimate of drug-likeness (QED) is 0.856. The Labute approximate surface area is 121 Å². The molecule has 0 unspecified atom stereocenters. The topological polar surface area (TPSA) is 34.5 Å². The lowest BCUT2D eigenvalue weighted by molar-refractivity contribution is 0.0345. The summed E-state index contributed by atoms with van der Waals surface area (Å²) in [5, 5.41) is 0. The summed E-state index contributed by atoms with van der Waals surface area (Å²) in [6, 6.07) is 2.48. The number of piperidine rings is 1.